The van der Waals surface area contributed by atoms with E-state index >= 15 is 0 Å². The van der Waals surface area contributed by atoms with E-state index < -0.39 is 12.4 Å². The van der Waals surface area contributed by atoms with Crippen LogP contribution >= 0.6 is 0 Å². The van der Waals surface area contributed by atoms with Crippen LogP contribution in [-0.4, -0.2) is 31.1 Å². The number of halogens is 3. The molecule has 0 spiro atoms. The number of hydrogen-bond acceptors (Lipinski definition) is 3. The molecule has 2 rings (SSSR count). The van der Waals surface area contributed by atoms with Crippen LogP contribution in [0.25, 0.3) is 0 Å². The summed E-state index contributed by atoms with van der Waals surface area (Å²) in [5.74, 6) is -0.414. The lowest BCUT2D eigenvalue weighted by Crippen LogP contribution is -2.38. The Labute approximate surface area is 144 Å². The minimum atomic E-state index is -3.02. The predicted molar refractivity (Wildman–Crippen MR) is 89.2 cm³/mol. The number of nitrogens with zero attached hydrogens (tertiary/aromatic N) is 2. The molecule has 5 nitrogen and oxygen atoms in total. The zero-order valence-electron chi connectivity index (χ0n) is 13.7. The third kappa shape index (κ3) is 5.98. The molecule has 2 aromatic rings. The SMILES string of the molecule is CN=C(NCCc1ccccn1)NCc1c(F)cccc1OC(F)F. The van der Waals surface area contributed by atoms with Gasteiger partial charge in [-0.1, -0.05) is 12.1 Å². The molecule has 1 heterocycles. The predicted octanol–water partition coefficient (Wildman–Crippen LogP) is 2.73. The van der Waals surface area contributed by atoms with Crippen molar-refractivity contribution >= 4 is 5.96 Å². The van der Waals surface area contributed by atoms with Crippen molar-refractivity contribution in [2.45, 2.75) is 19.6 Å². The van der Waals surface area contributed by atoms with Gasteiger partial charge in [0.25, 0.3) is 0 Å². The maximum absolute atomic E-state index is 13.9. The van der Waals surface area contributed by atoms with Crippen molar-refractivity contribution in [2.75, 3.05) is 13.6 Å². The van der Waals surface area contributed by atoms with Gasteiger partial charge in [-0.05, 0) is 24.3 Å². The lowest BCUT2D eigenvalue weighted by Gasteiger charge is -2.15. The van der Waals surface area contributed by atoms with Gasteiger partial charge in [0, 0.05) is 44.0 Å². The first-order valence-electron chi connectivity index (χ1n) is 7.66. The number of pyridine rings is 1. The van der Waals surface area contributed by atoms with E-state index in [9.17, 15) is 13.2 Å². The van der Waals surface area contributed by atoms with Gasteiger partial charge < -0.3 is 15.4 Å². The molecule has 0 aliphatic carbocycles. The van der Waals surface area contributed by atoms with E-state index in [2.05, 4.69) is 25.3 Å². The van der Waals surface area contributed by atoms with Gasteiger partial charge in [0.05, 0.1) is 0 Å². The van der Waals surface area contributed by atoms with Crippen LogP contribution in [0.4, 0.5) is 13.2 Å². The number of aliphatic imine (C=N–C) groups is 1. The molecule has 0 atom stereocenters. The molecule has 0 radical (unpaired) electrons. The van der Waals surface area contributed by atoms with Crippen LogP contribution < -0.4 is 15.4 Å². The van der Waals surface area contributed by atoms with Gasteiger partial charge in [0.15, 0.2) is 5.96 Å². The zero-order chi connectivity index (χ0) is 18.1. The molecule has 0 saturated heterocycles. The maximum Gasteiger partial charge on any atom is 0.387 e. The Balaban J connectivity index is 1.90. The Hall–Kier alpha value is -2.77. The number of guanidine groups is 1. The van der Waals surface area contributed by atoms with Crippen molar-refractivity contribution in [2.24, 2.45) is 4.99 Å². The summed E-state index contributed by atoms with van der Waals surface area (Å²) in [6, 6.07) is 9.45. The van der Waals surface area contributed by atoms with Crippen LogP contribution in [0, 0.1) is 5.82 Å². The topological polar surface area (TPSA) is 58.5 Å². The minimum Gasteiger partial charge on any atom is -0.434 e. The smallest absolute Gasteiger partial charge is 0.387 e. The average molecular weight is 352 g/mol. The Kier molecular flexibility index (Phi) is 7.06. The Bertz CT molecular complexity index is 696. The van der Waals surface area contributed by atoms with E-state index in [0.717, 1.165) is 5.69 Å². The highest BCUT2D eigenvalue weighted by atomic mass is 19.3. The minimum absolute atomic E-state index is 0.00970. The lowest BCUT2D eigenvalue weighted by molar-refractivity contribution is -0.0506. The quantitative estimate of drug-likeness (QED) is 0.594. The fourth-order valence-electron chi connectivity index (χ4n) is 2.16. The van der Waals surface area contributed by atoms with E-state index in [0.29, 0.717) is 18.9 Å². The zero-order valence-corrected chi connectivity index (χ0v) is 13.7. The van der Waals surface area contributed by atoms with Gasteiger partial charge in [0.2, 0.25) is 0 Å². The van der Waals surface area contributed by atoms with Crippen molar-refractivity contribution in [1.29, 1.82) is 0 Å². The molecule has 0 amide bonds. The second kappa shape index (κ2) is 9.51. The molecular formula is C17H19F3N4O. The van der Waals surface area contributed by atoms with E-state index in [-0.39, 0.29) is 17.9 Å². The van der Waals surface area contributed by atoms with E-state index in [1.165, 1.54) is 18.2 Å². The van der Waals surface area contributed by atoms with Gasteiger partial charge in [-0.15, -0.1) is 0 Å². The summed E-state index contributed by atoms with van der Waals surface area (Å²) in [6.45, 7) is -2.50. The number of benzene rings is 1. The summed E-state index contributed by atoms with van der Waals surface area (Å²) in [4.78, 5) is 8.23. The fourth-order valence-corrected chi connectivity index (χ4v) is 2.16. The lowest BCUT2D eigenvalue weighted by atomic mass is 10.2. The highest BCUT2D eigenvalue weighted by Gasteiger charge is 2.14. The van der Waals surface area contributed by atoms with Gasteiger partial charge in [-0.2, -0.15) is 8.78 Å². The van der Waals surface area contributed by atoms with E-state index in [1.807, 2.05) is 18.2 Å². The molecule has 0 bridgehead atoms. The number of aromatic nitrogens is 1. The Morgan fingerprint density at radius 1 is 1.20 bits per heavy atom. The molecule has 134 valence electrons. The number of hydrogen-bond donors (Lipinski definition) is 2. The van der Waals surface area contributed by atoms with Gasteiger partial charge in [-0.3, -0.25) is 9.98 Å². The van der Waals surface area contributed by atoms with Crippen LogP contribution in [0.5, 0.6) is 5.75 Å². The standard InChI is InChI=1S/C17H19F3N4O/c1-21-17(23-10-8-12-5-2-3-9-22-12)24-11-13-14(18)6-4-7-15(13)25-16(19)20/h2-7,9,16H,8,10-11H2,1H3,(H2,21,23,24). The van der Waals surface area contributed by atoms with Crippen molar-refractivity contribution < 1.29 is 17.9 Å². The van der Waals surface area contributed by atoms with Crippen LogP contribution in [0.15, 0.2) is 47.6 Å². The fraction of sp³-hybridized carbons (Fsp3) is 0.294. The number of nitrogens with one attached hydrogen (secondary N) is 2. The summed E-state index contributed by atoms with van der Waals surface area (Å²) >= 11 is 0. The molecule has 0 aliphatic heterocycles. The highest BCUT2D eigenvalue weighted by molar-refractivity contribution is 5.79. The van der Waals surface area contributed by atoms with Gasteiger partial charge in [-0.25, -0.2) is 4.39 Å². The Morgan fingerprint density at radius 3 is 2.72 bits per heavy atom. The summed E-state index contributed by atoms with van der Waals surface area (Å²) in [6.07, 6.45) is 2.39. The van der Waals surface area contributed by atoms with Crippen molar-refractivity contribution in [1.82, 2.24) is 15.6 Å². The molecule has 1 aromatic carbocycles. The molecule has 0 saturated carbocycles. The first kappa shape index (κ1) is 18.6. The molecule has 1 aromatic heterocycles. The molecule has 2 N–H and O–H groups in total. The number of ether oxygens (including phenoxy) is 1. The van der Waals surface area contributed by atoms with Crippen molar-refractivity contribution in [3.8, 4) is 5.75 Å². The summed E-state index contributed by atoms with van der Waals surface area (Å²) < 4.78 is 43.1. The van der Waals surface area contributed by atoms with Gasteiger partial charge >= 0.3 is 6.61 Å². The maximum atomic E-state index is 13.9. The third-order valence-corrected chi connectivity index (χ3v) is 3.35. The summed E-state index contributed by atoms with van der Waals surface area (Å²) in [5.41, 5.74) is 0.933. The van der Waals surface area contributed by atoms with Crippen LogP contribution in [-0.2, 0) is 13.0 Å². The second-order valence-corrected chi connectivity index (χ2v) is 5.02. The Morgan fingerprint density at radius 2 is 2.04 bits per heavy atom. The van der Waals surface area contributed by atoms with E-state index in [4.69, 9.17) is 0 Å². The monoisotopic (exact) mass is 352 g/mol. The molecule has 0 fully saturated rings. The number of rotatable bonds is 7. The molecule has 8 heteroatoms. The largest absolute Gasteiger partial charge is 0.434 e. The van der Waals surface area contributed by atoms with Crippen LogP contribution in [0.3, 0.4) is 0 Å². The van der Waals surface area contributed by atoms with Crippen molar-refractivity contribution in [3.05, 3.63) is 59.7 Å². The molecular weight excluding hydrogens is 333 g/mol. The normalized spacial score (nSPS) is 11.5. The van der Waals surface area contributed by atoms with Crippen LogP contribution in [0.2, 0.25) is 0 Å². The first-order chi connectivity index (χ1) is 12.1. The van der Waals surface area contributed by atoms with Crippen LogP contribution in [0.1, 0.15) is 11.3 Å². The summed E-state index contributed by atoms with van der Waals surface area (Å²) in [7, 11) is 1.56. The molecule has 0 aliphatic rings. The molecule has 25 heavy (non-hydrogen) atoms. The van der Waals surface area contributed by atoms with Crippen molar-refractivity contribution in [3.63, 3.8) is 0 Å². The second-order valence-electron chi connectivity index (χ2n) is 5.02. The third-order valence-electron chi connectivity index (χ3n) is 3.35. The number of alkyl halides is 2. The summed E-state index contributed by atoms with van der Waals surface area (Å²) in [5, 5.41) is 5.94. The first-order valence-corrected chi connectivity index (χ1v) is 7.66. The highest BCUT2D eigenvalue weighted by Crippen LogP contribution is 2.23. The average Bonchev–Trinajstić information content (AvgIpc) is 2.60. The van der Waals surface area contributed by atoms with E-state index in [1.54, 1.807) is 13.2 Å². The van der Waals surface area contributed by atoms with Gasteiger partial charge in [0.1, 0.15) is 11.6 Å². The molecule has 0 unspecified atom stereocenters.